The Kier molecular flexibility index (Phi) is 5.31. The Morgan fingerprint density at radius 3 is 2.96 bits per heavy atom. The van der Waals surface area contributed by atoms with Crippen LogP contribution >= 0.6 is 12.2 Å². The molecule has 1 N–H and O–H groups in total. The molecule has 0 amide bonds. The summed E-state index contributed by atoms with van der Waals surface area (Å²) in [6.07, 6.45) is 4.14. The van der Waals surface area contributed by atoms with Crippen LogP contribution in [-0.4, -0.2) is 29.3 Å². The quantitative estimate of drug-likeness (QED) is 0.840. The Hall–Kier alpha value is -1.85. The molecule has 1 aliphatic heterocycles. The average Bonchev–Trinajstić information content (AvgIpc) is 3.20. The third kappa shape index (κ3) is 4.56. The Morgan fingerprint density at radius 1 is 1.35 bits per heavy atom. The molecule has 23 heavy (non-hydrogen) atoms. The lowest BCUT2D eigenvalue weighted by Crippen LogP contribution is -2.39. The van der Waals surface area contributed by atoms with Gasteiger partial charge in [0.1, 0.15) is 5.76 Å². The smallest absolute Gasteiger partial charge is 0.173 e. The second kappa shape index (κ2) is 7.62. The number of anilines is 1. The van der Waals surface area contributed by atoms with Gasteiger partial charge in [0.05, 0.1) is 18.9 Å². The van der Waals surface area contributed by atoms with E-state index in [0.717, 1.165) is 37.4 Å². The summed E-state index contributed by atoms with van der Waals surface area (Å²) < 4.78 is 11.2. The van der Waals surface area contributed by atoms with Gasteiger partial charge < -0.3 is 19.4 Å². The van der Waals surface area contributed by atoms with Gasteiger partial charge in [0, 0.05) is 18.8 Å². The van der Waals surface area contributed by atoms with E-state index in [9.17, 15) is 0 Å². The highest BCUT2D eigenvalue weighted by molar-refractivity contribution is 7.80. The van der Waals surface area contributed by atoms with Gasteiger partial charge in [-0.3, -0.25) is 0 Å². The molecular formula is C18H22N2O2S. The van der Waals surface area contributed by atoms with Crippen LogP contribution in [0.5, 0.6) is 0 Å². The highest BCUT2D eigenvalue weighted by Crippen LogP contribution is 2.17. The minimum absolute atomic E-state index is 0.238. The molecule has 1 fully saturated rings. The molecule has 0 saturated carbocycles. The maximum Gasteiger partial charge on any atom is 0.173 e. The molecule has 1 aromatic carbocycles. The summed E-state index contributed by atoms with van der Waals surface area (Å²) in [5.74, 6) is 0.899. The van der Waals surface area contributed by atoms with Crippen molar-refractivity contribution in [3.8, 4) is 0 Å². The first-order valence-electron chi connectivity index (χ1n) is 7.97. The van der Waals surface area contributed by atoms with E-state index >= 15 is 0 Å². The molecular weight excluding hydrogens is 308 g/mol. The number of ether oxygens (including phenoxy) is 1. The normalized spacial score (nSPS) is 17.2. The number of rotatable bonds is 5. The predicted molar refractivity (Wildman–Crippen MR) is 95.5 cm³/mol. The van der Waals surface area contributed by atoms with Gasteiger partial charge in [-0.1, -0.05) is 12.1 Å². The predicted octanol–water partition coefficient (Wildman–Crippen LogP) is 3.97. The molecule has 1 atom stereocenters. The first kappa shape index (κ1) is 16.0. The summed E-state index contributed by atoms with van der Waals surface area (Å²) in [4.78, 5) is 2.12. The molecule has 0 aliphatic carbocycles. The maximum absolute atomic E-state index is 5.76. The second-order valence-corrected chi connectivity index (χ2v) is 6.28. The van der Waals surface area contributed by atoms with Crippen molar-refractivity contribution in [3.05, 3.63) is 54.0 Å². The lowest BCUT2D eigenvalue weighted by atomic mass is 10.2. The largest absolute Gasteiger partial charge is 0.467 e. The SMILES string of the molecule is Cc1cccc(NC(=S)N(Cc2ccco2)CC2CCCO2)c1. The third-order valence-electron chi connectivity index (χ3n) is 3.93. The molecule has 0 radical (unpaired) electrons. The van der Waals surface area contributed by atoms with Crippen LogP contribution in [0.1, 0.15) is 24.2 Å². The van der Waals surface area contributed by atoms with Gasteiger partial charge >= 0.3 is 0 Å². The minimum Gasteiger partial charge on any atom is -0.467 e. The summed E-state index contributed by atoms with van der Waals surface area (Å²) >= 11 is 5.63. The van der Waals surface area contributed by atoms with Crippen LogP contribution in [0.25, 0.3) is 0 Å². The molecule has 5 heteroatoms. The standard InChI is InChI=1S/C18H22N2O2S/c1-14-5-2-6-15(11-14)19-18(23)20(12-16-7-3-9-21-16)13-17-8-4-10-22-17/h2-3,5-7,9,11,17H,4,8,10,12-13H2,1H3,(H,19,23). The Labute approximate surface area is 142 Å². The van der Waals surface area contributed by atoms with E-state index in [1.54, 1.807) is 6.26 Å². The Morgan fingerprint density at radius 2 is 2.26 bits per heavy atom. The summed E-state index contributed by atoms with van der Waals surface area (Å²) in [6, 6.07) is 12.1. The molecule has 2 aromatic rings. The number of thiocarbonyl (C=S) groups is 1. The highest BCUT2D eigenvalue weighted by atomic mass is 32.1. The molecule has 1 aromatic heterocycles. The average molecular weight is 330 g/mol. The molecule has 2 heterocycles. The number of nitrogens with zero attached hydrogens (tertiary/aromatic N) is 1. The molecule has 1 unspecified atom stereocenters. The van der Waals surface area contributed by atoms with Crippen molar-refractivity contribution in [1.82, 2.24) is 4.90 Å². The molecule has 3 rings (SSSR count). The van der Waals surface area contributed by atoms with E-state index in [1.165, 1.54) is 5.56 Å². The fraction of sp³-hybridized carbons (Fsp3) is 0.389. The van der Waals surface area contributed by atoms with E-state index in [4.69, 9.17) is 21.4 Å². The van der Waals surface area contributed by atoms with Crippen LogP contribution in [0.2, 0.25) is 0 Å². The van der Waals surface area contributed by atoms with Crippen LogP contribution in [0.3, 0.4) is 0 Å². The molecule has 1 saturated heterocycles. The first-order chi connectivity index (χ1) is 11.2. The van der Waals surface area contributed by atoms with Crippen molar-refractivity contribution >= 4 is 23.0 Å². The zero-order valence-corrected chi connectivity index (χ0v) is 14.1. The van der Waals surface area contributed by atoms with Crippen LogP contribution in [0.4, 0.5) is 5.69 Å². The van der Waals surface area contributed by atoms with Crippen LogP contribution in [-0.2, 0) is 11.3 Å². The highest BCUT2D eigenvalue weighted by Gasteiger charge is 2.21. The number of benzene rings is 1. The van der Waals surface area contributed by atoms with Gasteiger partial charge in [-0.05, 0) is 61.8 Å². The van der Waals surface area contributed by atoms with Crippen molar-refractivity contribution in [2.45, 2.75) is 32.4 Å². The van der Waals surface area contributed by atoms with E-state index in [1.807, 2.05) is 24.3 Å². The van der Waals surface area contributed by atoms with Crippen molar-refractivity contribution in [2.24, 2.45) is 0 Å². The molecule has 4 nitrogen and oxygen atoms in total. The summed E-state index contributed by atoms with van der Waals surface area (Å²) in [6.45, 7) is 4.33. The van der Waals surface area contributed by atoms with Gasteiger partial charge in [0.2, 0.25) is 0 Å². The van der Waals surface area contributed by atoms with Crippen molar-refractivity contribution in [2.75, 3.05) is 18.5 Å². The fourth-order valence-electron chi connectivity index (χ4n) is 2.77. The van der Waals surface area contributed by atoms with Gasteiger partial charge in [-0.2, -0.15) is 0 Å². The zero-order chi connectivity index (χ0) is 16.1. The lowest BCUT2D eigenvalue weighted by Gasteiger charge is -2.27. The Balaban J connectivity index is 1.68. The number of aryl methyl sites for hydroxylation is 1. The Bertz CT molecular complexity index is 636. The van der Waals surface area contributed by atoms with E-state index in [-0.39, 0.29) is 6.10 Å². The summed E-state index contributed by atoms with van der Waals surface area (Å²) in [5, 5.41) is 4.03. The second-order valence-electron chi connectivity index (χ2n) is 5.89. The monoisotopic (exact) mass is 330 g/mol. The molecule has 0 bridgehead atoms. The van der Waals surface area contributed by atoms with Gasteiger partial charge in [-0.25, -0.2) is 0 Å². The zero-order valence-electron chi connectivity index (χ0n) is 13.3. The van der Waals surface area contributed by atoms with Crippen molar-refractivity contribution in [3.63, 3.8) is 0 Å². The summed E-state index contributed by atoms with van der Waals surface area (Å²) in [7, 11) is 0. The van der Waals surface area contributed by atoms with Crippen LogP contribution in [0, 0.1) is 6.92 Å². The van der Waals surface area contributed by atoms with Gasteiger partial charge in [0.25, 0.3) is 0 Å². The van der Waals surface area contributed by atoms with Crippen LogP contribution in [0.15, 0.2) is 47.1 Å². The van der Waals surface area contributed by atoms with E-state index < -0.39 is 0 Å². The maximum atomic E-state index is 5.76. The van der Waals surface area contributed by atoms with Crippen molar-refractivity contribution < 1.29 is 9.15 Å². The molecule has 122 valence electrons. The van der Waals surface area contributed by atoms with E-state index in [2.05, 4.69) is 29.3 Å². The molecule has 0 spiro atoms. The van der Waals surface area contributed by atoms with Gasteiger partial charge in [0.15, 0.2) is 5.11 Å². The molecule has 1 aliphatic rings. The number of hydrogen-bond donors (Lipinski definition) is 1. The first-order valence-corrected chi connectivity index (χ1v) is 8.38. The number of furan rings is 1. The topological polar surface area (TPSA) is 37.6 Å². The minimum atomic E-state index is 0.238. The number of nitrogens with one attached hydrogen (secondary N) is 1. The fourth-order valence-corrected chi connectivity index (χ4v) is 3.03. The van der Waals surface area contributed by atoms with Gasteiger partial charge in [-0.15, -0.1) is 0 Å². The third-order valence-corrected chi connectivity index (χ3v) is 4.29. The number of hydrogen-bond acceptors (Lipinski definition) is 3. The lowest BCUT2D eigenvalue weighted by molar-refractivity contribution is 0.0892. The summed E-state index contributed by atoms with van der Waals surface area (Å²) in [5.41, 5.74) is 2.21. The van der Waals surface area contributed by atoms with Crippen molar-refractivity contribution in [1.29, 1.82) is 0 Å². The van der Waals surface area contributed by atoms with Crippen LogP contribution < -0.4 is 5.32 Å². The van der Waals surface area contributed by atoms with E-state index in [0.29, 0.717) is 11.7 Å².